The Balaban J connectivity index is 1.44. The van der Waals surface area contributed by atoms with Gasteiger partial charge in [0.15, 0.2) is 5.69 Å². The summed E-state index contributed by atoms with van der Waals surface area (Å²) in [4.78, 5) is 21.2. The summed E-state index contributed by atoms with van der Waals surface area (Å²) < 4.78 is 11.1. The van der Waals surface area contributed by atoms with E-state index in [0.717, 1.165) is 32.5 Å². The molecule has 0 radical (unpaired) electrons. The maximum absolute atomic E-state index is 12.7. The van der Waals surface area contributed by atoms with E-state index in [1.54, 1.807) is 19.2 Å². The number of nitrogens with zero attached hydrogens (tertiary/aromatic N) is 4. The number of likely N-dealkylation sites (tertiary alicyclic amines) is 1. The molecule has 2 atom stereocenters. The molecule has 0 aromatic carbocycles. The number of fused-ring (bicyclic) bond motifs is 1. The molecule has 0 N–H and O–H groups in total. The molecule has 1 amide bonds. The van der Waals surface area contributed by atoms with E-state index in [9.17, 15) is 4.79 Å². The first-order valence-electron chi connectivity index (χ1n) is 9.18. The van der Waals surface area contributed by atoms with Crippen LogP contribution >= 0.6 is 0 Å². The zero-order valence-electron chi connectivity index (χ0n) is 15.0. The highest BCUT2D eigenvalue weighted by Crippen LogP contribution is 2.26. The lowest BCUT2D eigenvalue weighted by molar-refractivity contribution is -0.0746. The highest BCUT2D eigenvalue weighted by atomic mass is 16.5. The van der Waals surface area contributed by atoms with Crippen LogP contribution < -0.4 is 0 Å². The minimum absolute atomic E-state index is 0.0562. The zero-order valence-corrected chi connectivity index (χ0v) is 15.0. The molecule has 2 fully saturated rings. The van der Waals surface area contributed by atoms with Crippen LogP contribution in [0.4, 0.5) is 0 Å². The second-order valence-electron chi connectivity index (χ2n) is 7.00. The molecule has 2 unspecified atom stereocenters. The Labute approximate surface area is 152 Å². The maximum Gasteiger partial charge on any atom is 0.276 e. The van der Waals surface area contributed by atoms with Crippen molar-refractivity contribution >= 4 is 5.91 Å². The van der Waals surface area contributed by atoms with Gasteiger partial charge in [0.2, 0.25) is 0 Å². The molecule has 2 aromatic heterocycles. The fourth-order valence-electron chi connectivity index (χ4n) is 3.92. The number of amides is 1. The monoisotopic (exact) mass is 356 g/mol. The van der Waals surface area contributed by atoms with Crippen molar-refractivity contribution in [3.8, 4) is 0 Å². The van der Waals surface area contributed by atoms with Crippen LogP contribution in [0.3, 0.4) is 0 Å². The number of hydrogen-bond acceptors (Lipinski definition) is 6. The molecule has 4 rings (SSSR count). The summed E-state index contributed by atoms with van der Waals surface area (Å²) in [5.74, 6) is 0.599. The Morgan fingerprint density at radius 3 is 2.96 bits per heavy atom. The van der Waals surface area contributed by atoms with Gasteiger partial charge in [-0.3, -0.25) is 14.7 Å². The number of morpholine rings is 1. The van der Waals surface area contributed by atoms with Gasteiger partial charge in [-0.15, -0.1) is 0 Å². The molecule has 0 saturated carbocycles. The Morgan fingerprint density at radius 1 is 1.31 bits per heavy atom. The largest absolute Gasteiger partial charge is 0.375 e. The van der Waals surface area contributed by atoms with Crippen LogP contribution in [0.5, 0.6) is 0 Å². The van der Waals surface area contributed by atoms with Gasteiger partial charge in [0.1, 0.15) is 5.76 Å². The van der Waals surface area contributed by atoms with Crippen molar-refractivity contribution in [3.05, 3.63) is 47.6 Å². The molecule has 0 bridgehead atoms. The second kappa shape index (κ2) is 7.55. The van der Waals surface area contributed by atoms with Crippen molar-refractivity contribution in [2.24, 2.45) is 0 Å². The number of ether oxygens (including phenoxy) is 1. The van der Waals surface area contributed by atoms with E-state index in [2.05, 4.69) is 21.1 Å². The number of aromatic nitrogens is 2. The Morgan fingerprint density at radius 2 is 2.19 bits per heavy atom. The molecule has 2 aliphatic rings. The molecule has 7 nitrogen and oxygen atoms in total. The summed E-state index contributed by atoms with van der Waals surface area (Å²) >= 11 is 0. The number of pyridine rings is 1. The summed E-state index contributed by atoms with van der Waals surface area (Å²) in [5, 5.41) is 3.87. The van der Waals surface area contributed by atoms with E-state index in [-0.39, 0.29) is 12.0 Å². The predicted octanol–water partition coefficient (Wildman–Crippen LogP) is 1.88. The first-order valence-corrected chi connectivity index (χ1v) is 9.18. The van der Waals surface area contributed by atoms with Gasteiger partial charge in [-0.1, -0.05) is 11.2 Å². The van der Waals surface area contributed by atoms with Crippen LogP contribution in [0.15, 0.2) is 35.1 Å². The second-order valence-corrected chi connectivity index (χ2v) is 7.00. The Hall–Kier alpha value is -2.25. The summed E-state index contributed by atoms with van der Waals surface area (Å²) in [5.41, 5.74) is 1.60. The molecule has 0 aliphatic carbocycles. The van der Waals surface area contributed by atoms with E-state index in [1.807, 2.05) is 17.2 Å². The lowest BCUT2D eigenvalue weighted by atomic mass is 10.0. The van der Waals surface area contributed by atoms with Gasteiger partial charge in [0.25, 0.3) is 5.91 Å². The summed E-state index contributed by atoms with van der Waals surface area (Å²) in [6.07, 6.45) is 5.62. The van der Waals surface area contributed by atoms with Crippen LogP contribution in [-0.4, -0.2) is 64.2 Å². The average molecular weight is 356 g/mol. The Kier molecular flexibility index (Phi) is 4.99. The molecule has 0 spiro atoms. The quantitative estimate of drug-likeness (QED) is 0.836. The van der Waals surface area contributed by atoms with Crippen LogP contribution in [0, 0.1) is 6.92 Å². The summed E-state index contributed by atoms with van der Waals surface area (Å²) in [7, 11) is 0. The number of carbonyl (C=O) groups is 1. The molecule has 26 heavy (non-hydrogen) atoms. The van der Waals surface area contributed by atoms with E-state index in [1.165, 1.54) is 5.56 Å². The Bertz CT molecular complexity index is 748. The molecule has 2 aliphatic heterocycles. The fraction of sp³-hybridized carbons (Fsp3) is 0.526. The van der Waals surface area contributed by atoms with E-state index in [0.29, 0.717) is 30.6 Å². The van der Waals surface area contributed by atoms with Crippen molar-refractivity contribution in [2.45, 2.75) is 38.5 Å². The molecule has 7 heteroatoms. The number of hydrogen-bond donors (Lipinski definition) is 0. The summed E-state index contributed by atoms with van der Waals surface area (Å²) in [6.45, 7) is 5.70. The first-order chi connectivity index (χ1) is 12.7. The first kappa shape index (κ1) is 17.2. The fourth-order valence-corrected chi connectivity index (χ4v) is 3.92. The molecular formula is C19H24N4O3. The summed E-state index contributed by atoms with van der Waals surface area (Å²) in [6, 6.07) is 6.10. The van der Waals surface area contributed by atoms with Crippen molar-refractivity contribution in [2.75, 3.05) is 26.2 Å². The van der Waals surface area contributed by atoms with Gasteiger partial charge in [-0.25, -0.2) is 0 Å². The van der Waals surface area contributed by atoms with Crippen LogP contribution in [0.2, 0.25) is 0 Å². The van der Waals surface area contributed by atoms with E-state index < -0.39 is 0 Å². The topological polar surface area (TPSA) is 71.7 Å². The molecule has 2 aromatic rings. The normalized spacial score (nSPS) is 24.1. The van der Waals surface area contributed by atoms with Gasteiger partial charge in [-0.2, -0.15) is 0 Å². The van der Waals surface area contributed by atoms with Gasteiger partial charge in [-0.05, 0) is 31.4 Å². The van der Waals surface area contributed by atoms with Gasteiger partial charge in [0.05, 0.1) is 12.7 Å². The predicted molar refractivity (Wildman–Crippen MR) is 94.6 cm³/mol. The van der Waals surface area contributed by atoms with E-state index in [4.69, 9.17) is 9.26 Å². The van der Waals surface area contributed by atoms with Crippen LogP contribution in [-0.2, 0) is 11.3 Å². The third-order valence-corrected chi connectivity index (χ3v) is 5.23. The minimum Gasteiger partial charge on any atom is -0.375 e. The average Bonchev–Trinajstić information content (AvgIpc) is 2.97. The van der Waals surface area contributed by atoms with Crippen molar-refractivity contribution in [1.29, 1.82) is 0 Å². The van der Waals surface area contributed by atoms with Crippen LogP contribution in [0.25, 0.3) is 0 Å². The molecule has 4 heterocycles. The highest BCUT2D eigenvalue weighted by Gasteiger charge is 2.36. The SMILES string of the molecule is Cc1cc(C(=O)N2CCC3OCCN(Cc4cccnc4)C3CC2)no1. The smallest absolute Gasteiger partial charge is 0.276 e. The van der Waals surface area contributed by atoms with Crippen LogP contribution in [0.1, 0.15) is 34.7 Å². The van der Waals surface area contributed by atoms with Gasteiger partial charge < -0.3 is 14.2 Å². The number of carbonyl (C=O) groups excluding carboxylic acids is 1. The lowest BCUT2D eigenvalue weighted by Gasteiger charge is -2.40. The maximum atomic E-state index is 12.7. The molecular weight excluding hydrogens is 332 g/mol. The third kappa shape index (κ3) is 3.64. The van der Waals surface area contributed by atoms with E-state index >= 15 is 0 Å². The van der Waals surface area contributed by atoms with Crippen molar-refractivity contribution in [3.63, 3.8) is 0 Å². The third-order valence-electron chi connectivity index (χ3n) is 5.23. The number of aryl methyl sites for hydroxylation is 1. The van der Waals surface area contributed by atoms with Crippen molar-refractivity contribution < 1.29 is 14.1 Å². The molecule has 2 saturated heterocycles. The minimum atomic E-state index is -0.0562. The van der Waals surface area contributed by atoms with Crippen molar-refractivity contribution in [1.82, 2.24) is 19.9 Å². The standard InChI is InChI=1S/C19H24N4O3/c1-14-11-16(21-26-14)19(24)22-7-4-17-18(5-8-22)25-10-9-23(17)13-15-3-2-6-20-12-15/h2-3,6,11-12,17-18H,4-5,7-10,13H2,1H3. The molecule has 138 valence electrons. The van der Waals surface area contributed by atoms with Gasteiger partial charge in [0, 0.05) is 50.7 Å². The van der Waals surface area contributed by atoms with Gasteiger partial charge >= 0.3 is 0 Å². The lowest BCUT2D eigenvalue weighted by Crippen LogP contribution is -2.50. The highest BCUT2D eigenvalue weighted by molar-refractivity contribution is 5.92. The zero-order chi connectivity index (χ0) is 17.9. The number of rotatable bonds is 3.